The molecule has 17 heavy (non-hydrogen) atoms. The summed E-state index contributed by atoms with van der Waals surface area (Å²) >= 11 is 0. The highest BCUT2D eigenvalue weighted by atomic mass is 16.2. The van der Waals surface area contributed by atoms with Gasteiger partial charge < -0.3 is 10.6 Å². The fourth-order valence-electron chi connectivity index (χ4n) is 2.99. The Labute approximate surface area is 103 Å². The van der Waals surface area contributed by atoms with E-state index in [1.807, 2.05) is 0 Å². The topological polar surface area (TPSA) is 58.7 Å². The number of carbonyl (C=O) groups is 1. The Morgan fingerprint density at radius 2 is 1.88 bits per heavy atom. The lowest BCUT2D eigenvalue weighted by Gasteiger charge is -2.38. The van der Waals surface area contributed by atoms with Crippen LogP contribution in [0.5, 0.6) is 0 Å². The molecule has 0 aromatic carbocycles. The van der Waals surface area contributed by atoms with E-state index in [0.29, 0.717) is 12.4 Å². The molecule has 0 aromatic heterocycles. The molecule has 0 saturated heterocycles. The first-order valence-electron chi connectivity index (χ1n) is 6.48. The summed E-state index contributed by atoms with van der Waals surface area (Å²) in [6.45, 7) is 4.26. The van der Waals surface area contributed by atoms with Gasteiger partial charge in [-0.2, -0.15) is 4.99 Å². The molecule has 0 unspecified atom stereocenters. The van der Waals surface area contributed by atoms with Crippen LogP contribution in [0.15, 0.2) is 17.6 Å². The number of amidine groups is 1. The van der Waals surface area contributed by atoms with Gasteiger partial charge in [-0.15, -0.1) is 6.58 Å². The molecule has 0 bridgehead atoms. The van der Waals surface area contributed by atoms with E-state index in [0.717, 1.165) is 25.7 Å². The molecule has 94 valence electrons. The van der Waals surface area contributed by atoms with Gasteiger partial charge >= 0.3 is 6.03 Å². The molecule has 1 fully saturated rings. The van der Waals surface area contributed by atoms with Crippen LogP contribution < -0.4 is 5.73 Å². The first-order chi connectivity index (χ1) is 8.20. The average molecular weight is 235 g/mol. The summed E-state index contributed by atoms with van der Waals surface area (Å²) in [5, 5.41) is 0. The van der Waals surface area contributed by atoms with Gasteiger partial charge in [-0.1, -0.05) is 38.2 Å². The lowest BCUT2D eigenvalue weighted by Crippen LogP contribution is -2.54. The van der Waals surface area contributed by atoms with Crippen LogP contribution in [0.2, 0.25) is 0 Å². The second-order valence-electron chi connectivity index (χ2n) is 4.98. The van der Waals surface area contributed by atoms with Gasteiger partial charge in [-0.25, -0.2) is 4.79 Å². The second kappa shape index (κ2) is 4.90. The first kappa shape index (κ1) is 12.1. The van der Waals surface area contributed by atoms with Crippen molar-refractivity contribution in [3.05, 3.63) is 12.7 Å². The fourth-order valence-corrected chi connectivity index (χ4v) is 2.99. The fraction of sp³-hybridized carbons (Fsp3) is 0.692. The molecule has 0 aromatic rings. The van der Waals surface area contributed by atoms with Gasteiger partial charge in [-0.05, 0) is 12.8 Å². The Balaban J connectivity index is 2.25. The molecule has 1 aliphatic heterocycles. The third-order valence-electron chi connectivity index (χ3n) is 3.93. The third kappa shape index (κ3) is 2.08. The molecule has 0 atom stereocenters. The van der Waals surface area contributed by atoms with Crippen LogP contribution in [0.4, 0.5) is 4.79 Å². The summed E-state index contributed by atoms with van der Waals surface area (Å²) in [4.78, 5) is 17.6. The Hall–Kier alpha value is -1.32. The number of aliphatic imine (C=N–C) groups is 1. The van der Waals surface area contributed by atoms with E-state index in [9.17, 15) is 4.79 Å². The predicted octanol–water partition coefficient (Wildman–Crippen LogP) is 2.45. The number of nitrogens with zero attached hydrogens (tertiary/aromatic N) is 2. The standard InChI is InChI=1S/C13H21N3O/c1-2-10-16-12(17)15-11(14)13(16)8-6-4-3-5-7-9-13/h2H,1,3-10H2,(H2,14,15,17). The van der Waals surface area contributed by atoms with Crippen LogP contribution in [0.1, 0.15) is 44.9 Å². The first-order valence-corrected chi connectivity index (χ1v) is 6.48. The van der Waals surface area contributed by atoms with E-state index in [2.05, 4.69) is 11.6 Å². The average Bonchev–Trinajstić information content (AvgIpc) is 2.48. The molecular formula is C13H21N3O. The van der Waals surface area contributed by atoms with Crippen LogP contribution in [0.25, 0.3) is 0 Å². The van der Waals surface area contributed by atoms with Crippen molar-refractivity contribution < 1.29 is 4.79 Å². The summed E-state index contributed by atoms with van der Waals surface area (Å²) in [6, 6.07) is -0.192. The van der Waals surface area contributed by atoms with Crippen molar-refractivity contribution >= 4 is 11.9 Å². The van der Waals surface area contributed by atoms with Crippen molar-refractivity contribution in [3.63, 3.8) is 0 Å². The minimum atomic E-state index is -0.314. The van der Waals surface area contributed by atoms with Crippen molar-refractivity contribution in [2.24, 2.45) is 10.7 Å². The number of amides is 2. The maximum absolute atomic E-state index is 11.9. The van der Waals surface area contributed by atoms with Gasteiger partial charge in [0.15, 0.2) is 0 Å². The zero-order chi connectivity index (χ0) is 12.3. The maximum atomic E-state index is 11.9. The smallest absolute Gasteiger partial charge is 0.346 e. The molecule has 1 aliphatic carbocycles. The van der Waals surface area contributed by atoms with Crippen LogP contribution in [-0.2, 0) is 0 Å². The van der Waals surface area contributed by atoms with Gasteiger partial charge in [0.25, 0.3) is 0 Å². The normalized spacial score (nSPS) is 24.4. The summed E-state index contributed by atoms with van der Waals surface area (Å²) in [5.41, 5.74) is 5.72. The molecule has 2 rings (SSSR count). The van der Waals surface area contributed by atoms with Gasteiger partial charge in [0.2, 0.25) is 0 Å². The molecular weight excluding hydrogens is 214 g/mol. The number of nitrogens with two attached hydrogens (primary N) is 1. The van der Waals surface area contributed by atoms with Crippen LogP contribution in [0.3, 0.4) is 0 Å². The zero-order valence-corrected chi connectivity index (χ0v) is 10.3. The van der Waals surface area contributed by atoms with Gasteiger partial charge in [0.05, 0.1) is 0 Å². The molecule has 0 radical (unpaired) electrons. The zero-order valence-electron chi connectivity index (χ0n) is 10.3. The van der Waals surface area contributed by atoms with Crippen molar-refractivity contribution in [3.8, 4) is 0 Å². The predicted molar refractivity (Wildman–Crippen MR) is 69.0 cm³/mol. The molecule has 2 N–H and O–H groups in total. The largest absolute Gasteiger partial charge is 0.385 e. The summed E-state index contributed by atoms with van der Waals surface area (Å²) in [6.07, 6.45) is 9.64. The van der Waals surface area contributed by atoms with Crippen LogP contribution >= 0.6 is 0 Å². The second-order valence-corrected chi connectivity index (χ2v) is 4.98. The maximum Gasteiger partial charge on any atom is 0.346 e. The highest BCUT2D eigenvalue weighted by molar-refractivity contribution is 6.05. The third-order valence-corrected chi connectivity index (χ3v) is 3.93. The summed E-state index contributed by atoms with van der Waals surface area (Å²) in [7, 11) is 0. The van der Waals surface area contributed by atoms with Crippen molar-refractivity contribution in [1.82, 2.24) is 4.90 Å². The Morgan fingerprint density at radius 1 is 1.29 bits per heavy atom. The molecule has 2 aliphatic rings. The van der Waals surface area contributed by atoms with E-state index < -0.39 is 0 Å². The Bertz CT molecular complexity index is 341. The highest BCUT2D eigenvalue weighted by Crippen LogP contribution is 2.35. The number of rotatable bonds is 2. The molecule has 1 heterocycles. The molecule has 2 amide bonds. The van der Waals surface area contributed by atoms with E-state index in [1.165, 1.54) is 19.3 Å². The molecule has 1 spiro atoms. The summed E-state index contributed by atoms with van der Waals surface area (Å²) < 4.78 is 0. The van der Waals surface area contributed by atoms with Crippen molar-refractivity contribution in [2.45, 2.75) is 50.5 Å². The Kier molecular flexibility index (Phi) is 3.50. The van der Waals surface area contributed by atoms with Crippen LogP contribution in [-0.4, -0.2) is 28.9 Å². The number of urea groups is 1. The van der Waals surface area contributed by atoms with E-state index in [-0.39, 0.29) is 11.6 Å². The lowest BCUT2D eigenvalue weighted by atomic mass is 9.82. The van der Waals surface area contributed by atoms with Crippen LogP contribution in [0, 0.1) is 0 Å². The summed E-state index contributed by atoms with van der Waals surface area (Å²) in [5.74, 6) is 0.520. The monoisotopic (exact) mass is 235 g/mol. The number of hydrogen-bond acceptors (Lipinski definition) is 2. The Morgan fingerprint density at radius 3 is 2.47 bits per heavy atom. The van der Waals surface area contributed by atoms with E-state index >= 15 is 0 Å². The number of hydrogen-bond donors (Lipinski definition) is 1. The minimum Gasteiger partial charge on any atom is -0.385 e. The molecule has 1 saturated carbocycles. The lowest BCUT2D eigenvalue weighted by molar-refractivity contribution is 0.160. The molecule has 4 heteroatoms. The highest BCUT2D eigenvalue weighted by Gasteiger charge is 2.46. The molecule has 4 nitrogen and oxygen atoms in total. The van der Waals surface area contributed by atoms with Gasteiger partial charge in [0, 0.05) is 6.54 Å². The quantitative estimate of drug-likeness (QED) is 0.747. The van der Waals surface area contributed by atoms with E-state index in [1.54, 1.807) is 11.0 Å². The number of carbonyl (C=O) groups excluding carboxylic acids is 1. The SMILES string of the molecule is C=CCN1C(=O)N=C(N)C12CCCCCCC2. The van der Waals surface area contributed by atoms with Gasteiger partial charge in [0.1, 0.15) is 11.4 Å². The minimum absolute atomic E-state index is 0.192. The van der Waals surface area contributed by atoms with E-state index in [4.69, 9.17) is 5.73 Å². The van der Waals surface area contributed by atoms with Gasteiger partial charge in [-0.3, -0.25) is 0 Å². The van der Waals surface area contributed by atoms with Crippen molar-refractivity contribution in [2.75, 3.05) is 6.54 Å². The van der Waals surface area contributed by atoms with Crippen molar-refractivity contribution in [1.29, 1.82) is 0 Å².